The Bertz CT molecular complexity index is 635. The zero-order valence-corrected chi connectivity index (χ0v) is 11.9. The van der Waals surface area contributed by atoms with Crippen molar-refractivity contribution in [1.82, 2.24) is 0 Å². The summed E-state index contributed by atoms with van der Waals surface area (Å²) in [4.78, 5) is 0. The summed E-state index contributed by atoms with van der Waals surface area (Å²) >= 11 is 0. The van der Waals surface area contributed by atoms with E-state index in [1.165, 1.54) is 0 Å². The van der Waals surface area contributed by atoms with Crippen molar-refractivity contribution in [1.29, 1.82) is 5.26 Å². The number of nitriles is 1. The van der Waals surface area contributed by atoms with Crippen LogP contribution < -0.4 is 10.1 Å². The Morgan fingerprint density at radius 3 is 2.81 bits per heavy atom. The number of methoxy groups -OCH3 is 1. The summed E-state index contributed by atoms with van der Waals surface area (Å²) in [7, 11) is 1.65. The molecule has 4 nitrogen and oxygen atoms in total. The Balaban J connectivity index is 2.07. The highest BCUT2D eigenvalue weighted by molar-refractivity contribution is 5.48. The topological polar surface area (TPSA) is 65.3 Å². The van der Waals surface area contributed by atoms with Gasteiger partial charge in [0, 0.05) is 17.8 Å². The lowest BCUT2D eigenvalue weighted by molar-refractivity contribution is 0.183. The van der Waals surface area contributed by atoms with Crippen LogP contribution in [0, 0.1) is 11.3 Å². The standard InChI is InChI=1S/C17H18N2O2/c1-21-17-8-3-2-5-14(17)12-19-15-7-4-6-13(11-15)16(20)9-10-18/h2-8,11,16,19-20H,9,12H2,1H3. The van der Waals surface area contributed by atoms with Gasteiger partial charge in [0.05, 0.1) is 25.7 Å². The van der Waals surface area contributed by atoms with Gasteiger partial charge in [0.15, 0.2) is 0 Å². The zero-order chi connectivity index (χ0) is 15.1. The maximum atomic E-state index is 9.84. The first-order chi connectivity index (χ1) is 10.2. The van der Waals surface area contributed by atoms with Crippen LogP contribution in [0.1, 0.15) is 23.7 Å². The number of hydrogen-bond acceptors (Lipinski definition) is 4. The second kappa shape index (κ2) is 7.32. The van der Waals surface area contributed by atoms with E-state index in [0.29, 0.717) is 6.54 Å². The second-order valence-electron chi connectivity index (χ2n) is 4.67. The molecule has 0 aliphatic rings. The molecule has 0 heterocycles. The van der Waals surface area contributed by atoms with Gasteiger partial charge in [-0.3, -0.25) is 0 Å². The fourth-order valence-electron chi connectivity index (χ4n) is 2.11. The molecule has 0 amide bonds. The molecule has 108 valence electrons. The van der Waals surface area contributed by atoms with E-state index in [-0.39, 0.29) is 6.42 Å². The molecule has 0 saturated carbocycles. The summed E-state index contributed by atoms with van der Waals surface area (Å²) in [6, 6.07) is 17.3. The average molecular weight is 282 g/mol. The van der Waals surface area contributed by atoms with Crippen LogP contribution in [0.15, 0.2) is 48.5 Å². The minimum atomic E-state index is -0.747. The molecule has 0 fully saturated rings. The molecule has 1 unspecified atom stereocenters. The molecule has 0 saturated heterocycles. The first-order valence-electron chi connectivity index (χ1n) is 6.75. The second-order valence-corrected chi connectivity index (χ2v) is 4.67. The first kappa shape index (κ1) is 14.9. The lowest BCUT2D eigenvalue weighted by Gasteiger charge is -2.12. The molecule has 1 atom stereocenters. The number of benzene rings is 2. The maximum absolute atomic E-state index is 9.84. The number of anilines is 1. The van der Waals surface area contributed by atoms with Crippen molar-refractivity contribution in [3.8, 4) is 11.8 Å². The molecule has 0 radical (unpaired) electrons. The third-order valence-electron chi connectivity index (χ3n) is 3.23. The smallest absolute Gasteiger partial charge is 0.123 e. The van der Waals surface area contributed by atoms with E-state index in [0.717, 1.165) is 22.6 Å². The fraction of sp³-hybridized carbons (Fsp3) is 0.235. The average Bonchev–Trinajstić information content (AvgIpc) is 2.53. The predicted octanol–water partition coefficient (Wildman–Crippen LogP) is 3.25. The molecular weight excluding hydrogens is 264 g/mol. The van der Waals surface area contributed by atoms with Crippen LogP contribution in [0.5, 0.6) is 5.75 Å². The van der Waals surface area contributed by atoms with E-state index < -0.39 is 6.10 Å². The summed E-state index contributed by atoms with van der Waals surface area (Å²) < 4.78 is 5.31. The van der Waals surface area contributed by atoms with Gasteiger partial charge in [-0.2, -0.15) is 5.26 Å². The Labute approximate surface area is 124 Å². The van der Waals surface area contributed by atoms with Gasteiger partial charge in [-0.25, -0.2) is 0 Å². The molecule has 0 aliphatic carbocycles. The van der Waals surface area contributed by atoms with E-state index >= 15 is 0 Å². The summed E-state index contributed by atoms with van der Waals surface area (Å²) in [6.07, 6.45) is -0.654. The molecule has 0 aromatic heterocycles. The number of nitrogens with zero attached hydrogens (tertiary/aromatic N) is 1. The van der Waals surface area contributed by atoms with Crippen LogP contribution in [-0.2, 0) is 6.54 Å². The number of para-hydroxylation sites is 1. The van der Waals surface area contributed by atoms with Gasteiger partial charge in [0.25, 0.3) is 0 Å². The van der Waals surface area contributed by atoms with Gasteiger partial charge in [-0.05, 0) is 23.8 Å². The highest BCUT2D eigenvalue weighted by Gasteiger charge is 2.07. The van der Waals surface area contributed by atoms with Crippen molar-refractivity contribution in [3.63, 3.8) is 0 Å². The van der Waals surface area contributed by atoms with Crippen molar-refractivity contribution >= 4 is 5.69 Å². The predicted molar refractivity (Wildman–Crippen MR) is 82.0 cm³/mol. The quantitative estimate of drug-likeness (QED) is 0.853. The minimum Gasteiger partial charge on any atom is -0.496 e. The van der Waals surface area contributed by atoms with Crippen molar-refractivity contribution in [2.45, 2.75) is 19.1 Å². The molecule has 4 heteroatoms. The van der Waals surface area contributed by atoms with Crippen LogP contribution in [0.25, 0.3) is 0 Å². The molecule has 2 N–H and O–H groups in total. The summed E-state index contributed by atoms with van der Waals surface area (Å²) in [5, 5.41) is 21.8. The lowest BCUT2D eigenvalue weighted by atomic mass is 10.1. The van der Waals surface area contributed by atoms with E-state index in [4.69, 9.17) is 10.00 Å². The van der Waals surface area contributed by atoms with Crippen molar-refractivity contribution in [3.05, 3.63) is 59.7 Å². The molecule has 2 aromatic carbocycles. The molecule has 21 heavy (non-hydrogen) atoms. The molecular formula is C17H18N2O2. The minimum absolute atomic E-state index is 0.0932. The Morgan fingerprint density at radius 1 is 1.24 bits per heavy atom. The molecule has 0 spiro atoms. The van der Waals surface area contributed by atoms with Gasteiger partial charge < -0.3 is 15.2 Å². The van der Waals surface area contributed by atoms with Crippen molar-refractivity contribution in [2.24, 2.45) is 0 Å². The van der Waals surface area contributed by atoms with Gasteiger partial charge in [0.1, 0.15) is 5.75 Å². The highest BCUT2D eigenvalue weighted by atomic mass is 16.5. The number of rotatable bonds is 6. The van der Waals surface area contributed by atoms with Gasteiger partial charge >= 0.3 is 0 Å². The van der Waals surface area contributed by atoms with Crippen LogP contribution in [0.3, 0.4) is 0 Å². The van der Waals surface area contributed by atoms with Crippen molar-refractivity contribution in [2.75, 3.05) is 12.4 Å². The van der Waals surface area contributed by atoms with Crippen LogP contribution in [0.4, 0.5) is 5.69 Å². The van der Waals surface area contributed by atoms with E-state index in [1.54, 1.807) is 7.11 Å². The summed E-state index contributed by atoms with van der Waals surface area (Å²) in [5.74, 6) is 0.839. The van der Waals surface area contributed by atoms with Gasteiger partial charge in [-0.15, -0.1) is 0 Å². The summed E-state index contributed by atoms with van der Waals surface area (Å²) in [6.45, 7) is 0.627. The molecule has 2 rings (SSSR count). The third-order valence-corrected chi connectivity index (χ3v) is 3.23. The molecule has 0 bridgehead atoms. The number of aliphatic hydroxyl groups excluding tert-OH is 1. The van der Waals surface area contributed by atoms with Gasteiger partial charge in [-0.1, -0.05) is 30.3 Å². The van der Waals surface area contributed by atoms with Crippen LogP contribution in [0.2, 0.25) is 0 Å². The number of nitrogens with one attached hydrogen (secondary N) is 1. The van der Waals surface area contributed by atoms with E-state index in [2.05, 4.69) is 5.32 Å². The number of aliphatic hydroxyl groups is 1. The Morgan fingerprint density at radius 2 is 2.05 bits per heavy atom. The first-order valence-corrected chi connectivity index (χ1v) is 6.75. The SMILES string of the molecule is COc1ccccc1CNc1cccc(C(O)CC#N)c1. The normalized spacial score (nSPS) is 11.5. The Hall–Kier alpha value is -2.51. The fourth-order valence-corrected chi connectivity index (χ4v) is 2.11. The van der Waals surface area contributed by atoms with Gasteiger partial charge in [0.2, 0.25) is 0 Å². The monoisotopic (exact) mass is 282 g/mol. The molecule has 0 aliphatic heterocycles. The van der Waals surface area contributed by atoms with E-state index in [9.17, 15) is 5.11 Å². The van der Waals surface area contributed by atoms with Crippen LogP contribution in [-0.4, -0.2) is 12.2 Å². The third kappa shape index (κ3) is 3.98. The lowest BCUT2D eigenvalue weighted by Crippen LogP contribution is -2.03. The Kier molecular flexibility index (Phi) is 5.19. The van der Waals surface area contributed by atoms with Crippen LogP contribution >= 0.6 is 0 Å². The van der Waals surface area contributed by atoms with Crippen molar-refractivity contribution < 1.29 is 9.84 Å². The number of hydrogen-bond donors (Lipinski definition) is 2. The zero-order valence-electron chi connectivity index (χ0n) is 11.9. The largest absolute Gasteiger partial charge is 0.496 e. The highest BCUT2D eigenvalue weighted by Crippen LogP contribution is 2.22. The summed E-state index contributed by atoms with van der Waals surface area (Å²) in [5.41, 5.74) is 2.69. The maximum Gasteiger partial charge on any atom is 0.123 e. The van der Waals surface area contributed by atoms with E-state index in [1.807, 2.05) is 54.6 Å². The number of ether oxygens (including phenoxy) is 1. The molecule has 2 aromatic rings.